The molecular weight excluding hydrogens is 194 g/mol. The zero-order valence-electron chi connectivity index (χ0n) is 8.81. The van der Waals surface area contributed by atoms with Crippen LogP contribution in [0.1, 0.15) is 37.7 Å². The molecule has 1 aromatic rings. The van der Waals surface area contributed by atoms with Gasteiger partial charge in [0, 0.05) is 6.42 Å². The maximum Gasteiger partial charge on any atom is 0.123 e. The van der Waals surface area contributed by atoms with E-state index in [0.29, 0.717) is 19.3 Å². The normalized spacial score (nSPS) is 20.1. The Morgan fingerprint density at radius 3 is 2.20 bits per heavy atom. The summed E-state index contributed by atoms with van der Waals surface area (Å²) in [6, 6.07) is 6.18. The molecule has 0 heterocycles. The van der Waals surface area contributed by atoms with Gasteiger partial charge in [0.05, 0.1) is 0 Å². The lowest BCUT2D eigenvalue weighted by molar-refractivity contribution is 0.107. The Labute approximate surface area is 89.3 Å². The maximum absolute atomic E-state index is 14.3. The van der Waals surface area contributed by atoms with Crippen LogP contribution < -0.4 is 0 Å². The molecule has 0 atom stereocenters. The van der Waals surface area contributed by atoms with Crippen molar-refractivity contribution in [2.75, 3.05) is 0 Å². The van der Waals surface area contributed by atoms with Crippen molar-refractivity contribution in [2.45, 2.75) is 44.2 Å². The largest absolute Gasteiger partial charge is 0.244 e. The molecule has 1 aliphatic rings. The van der Waals surface area contributed by atoms with E-state index in [2.05, 4.69) is 0 Å². The van der Waals surface area contributed by atoms with Gasteiger partial charge in [-0.2, -0.15) is 0 Å². The van der Waals surface area contributed by atoms with E-state index in [1.54, 1.807) is 12.1 Å². The molecule has 0 radical (unpaired) electrons. The molecule has 1 fully saturated rings. The van der Waals surface area contributed by atoms with Gasteiger partial charge in [0.2, 0.25) is 0 Å². The van der Waals surface area contributed by atoms with Crippen LogP contribution in [0.3, 0.4) is 0 Å². The lowest BCUT2D eigenvalue weighted by atomic mass is 9.82. The molecule has 0 aliphatic heterocycles. The van der Waals surface area contributed by atoms with E-state index in [9.17, 15) is 8.78 Å². The minimum atomic E-state index is -1.05. The van der Waals surface area contributed by atoms with Crippen LogP contribution in [-0.2, 0) is 6.42 Å². The third-order valence-electron chi connectivity index (χ3n) is 3.18. The number of alkyl halides is 1. The Kier molecular flexibility index (Phi) is 3.03. The highest BCUT2D eigenvalue weighted by Crippen LogP contribution is 2.34. The summed E-state index contributed by atoms with van der Waals surface area (Å²) in [6.45, 7) is 0. The standard InChI is InChI=1S/C13H16F2/c14-12-6-4-11(5-7-12)10-13(15)8-2-1-3-9-13/h4-7H,1-3,8-10H2. The topological polar surface area (TPSA) is 0 Å². The maximum atomic E-state index is 14.3. The van der Waals surface area contributed by atoms with Gasteiger partial charge in [-0.1, -0.05) is 31.4 Å². The predicted molar refractivity (Wildman–Crippen MR) is 57.0 cm³/mol. The predicted octanol–water partition coefficient (Wildman–Crippen LogP) is 4.04. The first-order valence-electron chi connectivity index (χ1n) is 5.61. The van der Waals surface area contributed by atoms with Crippen molar-refractivity contribution >= 4 is 0 Å². The molecular formula is C13H16F2. The quantitative estimate of drug-likeness (QED) is 0.691. The lowest BCUT2D eigenvalue weighted by Gasteiger charge is -2.29. The second-order valence-corrected chi connectivity index (χ2v) is 4.51. The van der Waals surface area contributed by atoms with Crippen LogP contribution in [0.2, 0.25) is 0 Å². The fraction of sp³-hybridized carbons (Fsp3) is 0.538. The van der Waals surface area contributed by atoms with Crippen molar-refractivity contribution in [3.8, 4) is 0 Å². The Morgan fingerprint density at radius 1 is 1.00 bits per heavy atom. The Hall–Kier alpha value is -0.920. The average Bonchev–Trinajstić information content (AvgIpc) is 2.22. The molecule has 1 aromatic carbocycles. The second-order valence-electron chi connectivity index (χ2n) is 4.51. The molecule has 1 saturated carbocycles. The van der Waals surface area contributed by atoms with Crippen molar-refractivity contribution in [1.82, 2.24) is 0 Å². The Bertz CT molecular complexity index is 310. The summed E-state index contributed by atoms with van der Waals surface area (Å²) in [5.41, 5.74) is -0.142. The van der Waals surface area contributed by atoms with Gasteiger partial charge in [0.15, 0.2) is 0 Å². The van der Waals surface area contributed by atoms with Crippen LogP contribution in [0, 0.1) is 5.82 Å². The highest BCUT2D eigenvalue weighted by Gasteiger charge is 2.31. The average molecular weight is 210 g/mol. The van der Waals surface area contributed by atoms with Crippen molar-refractivity contribution in [3.05, 3.63) is 35.6 Å². The highest BCUT2D eigenvalue weighted by atomic mass is 19.1. The molecule has 2 heteroatoms. The zero-order valence-corrected chi connectivity index (χ0v) is 8.81. The van der Waals surface area contributed by atoms with Crippen molar-refractivity contribution in [1.29, 1.82) is 0 Å². The summed E-state index contributed by atoms with van der Waals surface area (Å²) >= 11 is 0. The molecule has 1 aliphatic carbocycles. The highest BCUT2D eigenvalue weighted by molar-refractivity contribution is 5.18. The summed E-state index contributed by atoms with van der Waals surface area (Å²) in [4.78, 5) is 0. The van der Waals surface area contributed by atoms with Crippen molar-refractivity contribution in [3.63, 3.8) is 0 Å². The van der Waals surface area contributed by atoms with Crippen molar-refractivity contribution < 1.29 is 8.78 Å². The smallest absolute Gasteiger partial charge is 0.123 e. The van der Waals surface area contributed by atoms with Crippen LogP contribution >= 0.6 is 0 Å². The second kappa shape index (κ2) is 4.30. The molecule has 0 spiro atoms. The van der Waals surface area contributed by atoms with E-state index in [4.69, 9.17) is 0 Å². The van der Waals surface area contributed by atoms with Gasteiger partial charge < -0.3 is 0 Å². The molecule has 2 rings (SSSR count). The van der Waals surface area contributed by atoms with Crippen LogP contribution in [-0.4, -0.2) is 5.67 Å². The molecule has 15 heavy (non-hydrogen) atoms. The van der Waals surface area contributed by atoms with E-state index in [0.717, 1.165) is 24.8 Å². The van der Waals surface area contributed by atoms with Crippen molar-refractivity contribution in [2.24, 2.45) is 0 Å². The van der Waals surface area contributed by atoms with Gasteiger partial charge in [0.1, 0.15) is 11.5 Å². The lowest BCUT2D eigenvalue weighted by Crippen LogP contribution is -2.28. The first-order valence-corrected chi connectivity index (χ1v) is 5.61. The summed E-state index contributed by atoms with van der Waals surface area (Å²) in [6.07, 6.45) is 4.87. The third kappa shape index (κ3) is 2.77. The molecule has 0 N–H and O–H groups in total. The number of benzene rings is 1. The van der Waals surface area contributed by atoms with Gasteiger partial charge in [-0.25, -0.2) is 8.78 Å². The number of halogens is 2. The SMILES string of the molecule is Fc1ccc(CC2(F)CCCCC2)cc1. The monoisotopic (exact) mass is 210 g/mol. The molecule has 0 bridgehead atoms. The molecule has 0 saturated heterocycles. The molecule has 0 amide bonds. The van der Waals surface area contributed by atoms with Gasteiger partial charge in [-0.05, 0) is 30.5 Å². The van der Waals surface area contributed by atoms with E-state index in [1.807, 2.05) is 0 Å². The van der Waals surface area contributed by atoms with E-state index in [-0.39, 0.29) is 5.82 Å². The van der Waals surface area contributed by atoms with E-state index < -0.39 is 5.67 Å². The first kappa shape index (κ1) is 10.6. The summed E-state index contributed by atoms with van der Waals surface area (Å²) < 4.78 is 26.9. The fourth-order valence-electron chi connectivity index (χ4n) is 2.33. The van der Waals surface area contributed by atoms with Crippen LogP contribution in [0.15, 0.2) is 24.3 Å². The van der Waals surface area contributed by atoms with Crippen LogP contribution in [0.4, 0.5) is 8.78 Å². The summed E-state index contributed by atoms with van der Waals surface area (Å²) in [7, 11) is 0. The summed E-state index contributed by atoms with van der Waals surface area (Å²) in [5, 5.41) is 0. The zero-order chi connectivity index (χ0) is 10.7. The number of rotatable bonds is 2. The van der Waals surface area contributed by atoms with Gasteiger partial charge in [-0.3, -0.25) is 0 Å². The Balaban J connectivity index is 2.03. The number of hydrogen-bond donors (Lipinski definition) is 0. The molecule has 82 valence electrons. The molecule has 0 nitrogen and oxygen atoms in total. The van der Waals surface area contributed by atoms with Crippen LogP contribution in [0.25, 0.3) is 0 Å². The van der Waals surface area contributed by atoms with Gasteiger partial charge >= 0.3 is 0 Å². The first-order chi connectivity index (χ1) is 7.18. The number of hydrogen-bond acceptors (Lipinski definition) is 0. The third-order valence-corrected chi connectivity index (χ3v) is 3.18. The summed E-state index contributed by atoms with van der Waals surface area (Å²) in [5.74, 6) is -0.254. The van der Waals surface area contributed by atoms with E-state index >= 15 is 0 Å². The minimum absolute atomic E-state index is 0.254. The minimum Gasteiger partial charge on any atom is -0.244 e. The molecule has 0 unspecified atom stereocenters. The molecule has 0 aromatic heterocycles. The Morgan fingerprint density at radius 2 is 1.60 bits per heavy atom. The van der Waals surface area contributed by atoms with Gasteiger partial charge in [0.25, 0.3) is 0 Å². The van der Waals surface area contributed by atoms with Gasteiger partial charge in [-0.15, -0.1) is 0 Å². The van der Waals surface area contributed by atoms with Crippen LogP contribution in [0.5, 0.6) is 0 Å². The van der Waals surface area contributed by atoms with E-state index in [1.165, 1.54) is 12.1 Å². The fourth-order valence-corrected chi connectivity index (χ4v) is 2.33.